The average Bonchev–Trinajstić information content (AvgIpc) is 2.09. The smallest absolute Gasteiger partial charge is 0.326 e. The number of ether oxygens (including phenoxy) is 4. The number of phenolic OH excluding ortho intramolecular Hbond substituents is 1. The Morgan fingerprint density at radius 1 is 0.560 bits per heavy atom. The van der Waals surface area contributed by atoms with Crippen molar-refractivity contribution in [2.45, 2.75) is 219 Å². The number of rotatable bonds is 61. The molecule has 0 aliphatic heterocycles. The number of carboxylic acid groups (broad SMARTS) is 1. The first-order chi connectivity index (χ1) is 43.4. The van der Waals surface area contributed by atoms with E-state index in [1.54, 1.807) is 19.1 Å². The number of carboxylic acids is 1. The van der Waals surface area contributed by atoms with Crippen molar-refractivity contribution in [1.29, 1.82) is 5.41 Å². The third-order valence-electron chi connectivity index (χ3n) is 15.7. The van der Waals surface area contributed by atoms with Crippen molar-refractivity contribution >= 4 is 68.8 Å². The monoisotopic (exact) mass is 1310 g/mol. The SMILES string of the molecule is CCC(C)CC(=O)C[C@@H](CCCCNC(=O)COCCOCCCC(=O)COCCOCCNC(=O)CC[C@H](NC(=O)CCCCCCCCCCCCCCCS(=O)(=O)O)C(=O)O)C(=O)C(C)C(CCCCC(=N)N)C(=O)N[C@@H](Cc1ccc(O)cc1)C(N)=O. The number of Topliss-reactive ketones (excluding diaryl/α,β-unsaturated/α-hetero) is 3. The Kier molecular flexibility index (Phi) is 47.1. The molecule has 5 amide bonds. The summed E-state index contributed by atoms with van der Waals surface area (Å²) in [4.78, 5) is 115. The van der Waals surface area contributed by atoms with E-state index in [-0.39, 0.29) is 156 Å². The van der Waals surface area contributed by atoms with E-state index in [9.17, 15) is 61.8 Å². The highest BCUT2D eigenvalue weighted by Crippen LogP contribution is 2.29. The summed E-state index contributed by atoms with van der Waals surface area (Å²) in [7, 11) is -3.86. The van der Waals surface area contributed by atoms with Crippen molar-refractivity contribution in [2.24, 2.45) is 35.1 Å². The van der Waals surface area contributed by atoms with Crippen LogP contribution in [0.5, 0.6) is 5.75 Å². The number of amides is 5. The molecule has 0 heterocycles. The number of amidine groups is 1. The first kappa shape index (κ1) is 83.1. The van der Waals surface area contributed by atoms with E-state index in [0.29, 0.717) is 82.9 Å². The zero-order valence-corrected chi connectivity index (χ0v) is 55.4. The van der Waals surface area contributed by atoms with Gasteiger partial charge in [-0.15, -0.1) is 0 Å². The number of primary amides is 1. The number of ketones is 3. The molecule has 25 nitrogen and oxygen atoms in total. The van der Waals surface area contributed by atoms with Crippen LogP contribution in [0.15, 0.2) is 24.3 Å². The van der Waals surface area contributed by atoms with Crippen molar-refractivity contribution < 1.29 is 85.3 Å². The lowest BCUT2D eigenvalue weighted by molar-refractivity contribution is -0.142. The summed E-state index contributed by atoms with van der Waals surface area (Å²) in [6, 6.07) is 3.87. The molecule has 0 saturated heterocycles. The number of carbonyl (C=O) groups is 9. The number of nitrogens with two attached hydrogens (primary N) is 2. The van der Waals surface area contributed by atoms with Gasteiger partial charge < -0.3 is 61.9 Å². The molecule has 0 aromatic heterocycles. The Hall–Kier alpha value is -5.93. The fraction of sp³-hybridized carbons (Fsp3) is 0.754. The molecule has 1 aromatic carbocycles. The standard InChI is InChI=1S/C65H111N7O18S/c1-4-48(2)43-54(75)45-51(62(79)49(3)55(25-17-18-26-58(66)67)64(81)72-57(63(68)80)44-50-28-30-52(73)31-29-50)23-19-20-34-69-61(78)47-90-41-38-87-36-22-24-53(74)46-89-40-39-88-37-35-70-59(76)33-32-56(65(82)83)71-60(77)27-16-14-12-10-8-6-5-7-9-11-13-15-21-42-91(84,85)86/h28-31,48-49,51,55-57,73H,4-27,32-47H2,1-3H3,(H3,66,67)(H2,68,80)(H,69,78)(H,70,76)(H,71,77)(H,72,81)(H,82,83)(H,84,85,86)/t48?,49?,51-,55?,56+,57+/m1/s1. The summed E-state index contributed by atoms with van der Waals surface area (Å²) in [5.41, 5.74) is 11.9. The number of carbonyl (C=O) groups excluding carboxylic acids is 8. The Bertz CT molecular complexity index is 2400. The second-order valence-electron chi connectivity index (χ2n) is 23.9. The number of aromatic hydroxyl groups is 1. The molecule has 1 aromatic rings. The Labute approximate surface area is 540 Å². The van der Waals surface area contributed by atoms with Crippen molar-refractivity contribution in [3.05, 3.63) is 29.8 Å². The van der Waals surface area contributed by atoms with Crippen LogP contribution in [0.1, 0.15) is 206 Å². The van der Waals surface area contributed by atoms with E-state index in [1.807, 2.05) is 13.8 Å². The van der Waals surface area contributed by atoms with E-state index in [0.717, 1.165) is 77.0 Å². The van der Waals surface area contributed by atoms with Crippen LogP contribution in [0.4, 0.5) is 0 Å². The fourth-order valence-corrected chi connectivity index (χ4v) is 10.7. The van der Waals surface area contributed by atoms with Gasteiger partial charge in [0.25, 0.3) is 10.1 Å². The molecule has 0 aliphatic rings. The summed E-state index contributed by atoms with van der Waals surface area (Å²) >= 11 is 0. The summed E-state index contributed by atoms with van der Waals surface area (Å²) in [5, 5.41) is 37.6. The van der Waals surface area contributed by atoms with E-state index in [2.05, 4.69) is 21.3 Å². The van der Waals surface area contributed by atoms with Gasteiger partial charge in [-0.05, 0) is 75.0 Å². The largest absolute Gasteiger partial charge is 0.508 e. The molecular formula is C65H111N7O18S. The number of aliphatic carboxylic acids is 1. The molecule has 0 fully saturated rings. The zero-order chi connectivity index (χ0) is 67.7. The number of hydrogen-bond donors (Lipinski definition) is 10. The van der Waals surface area contributed by atoms with Crippen molar-refractivity contribution in [3.8, 4) is 5.75 Å². The Balaban J connectivity index is 2.28. The van der Waals surface area contributed by atoms with Crippen LogP contribution in [-0.2, 0) is 78.6 Å². The highest BCUT2D eigenvalue weighted by molar-refractivity contribution is 7.85. The van der Waals surface area contributed by atoms with Crippen LogP contribution >= 0.6 is 0 Å². The summed E-state index contributed by atoms with van der Waals surface area (Å²) in [5.74, 6) is -6.42. The van der Waals surface area contributed by atoms with Crippen LogP contribution in [-0.4, -0.2) is 166 Å². The van der Waals surface area contributed by atoms with Crippen LogP contribution < -0.4 is 32.7 Å². The Morgan fingerprint density at radius 2 is 1.12 bits per heavy atom. The Morgan fingerprint density at radius 3 is 1.71 bits per heavy atom. The number of phenols is 1. The first-order valence-electron chi connectivity index (χ1n) is 33.0. The van der Waals surface area contributed by atoms with E-state index in [1.165, 1.54) is 12.1 Å². The molecule has 0 saturated carbocycles. The van der Waals surface area contributed by atoms with Gasteiger partial charge in [0.1, 0.15) is 42.6 Å². The molecule has 520 valence electrons. The van der Waals surface area contributed by atoms with Gasteiger partial charge in [-0.3, -0.25) is 48.3 Å². The van der Waals surface area contributed by atoms with Crippen molar-refractivity contribution in [3.63, 3.8) is 0 Å². The van der Waals surface area contributed by atoms with Gasteiger partial charge in [-0.1, -0.05) is 123 Å². The van der Waals surface area contributed by atoms with Gasteiger partial charge in [0.2, 0.25) is 29.5 Å². The molecule has 12 N–H and O–H groups in total. The second kappa shape index (κ2) is 51.6. The van der Waals surface area contributed by atoms with Gasteiger partial charge in [0, 0.05) is 82.4 Å². The normalized spacial score (nSPS) is 13.5. The van der Waals surface area contributed by atoms with Crippen molar-refractivity contribution in [1.82, 2.24) is 21.3 Å². The van der Waals surface area contributed by atoms with Crippen LogP contribution in [0.2, 0.25) is 0 Å². The molecule has 26 heteroatoms. The van der Waals surface area contributed by atoms with Gasteiger partial charge in [0.15, 0.2) is 5.78 Å². The lowest BCUT2D eigenvalue weighted by atomic mass is 9.77. The summed E-state index contributed by atoms with van der Waals surface area (Å²) in [6.45, 7) is 6.94. The van der Waals surface area contributed by atoms with Gasteiger partial charge in [-0.2, -0.15) is 8.42 Å². The minimum Gasteiger partial charge on any atom is -0.508 e. The van der Waals surface area contributed by atoms with E-state index >= 15 is 0 Å². The minimum atomic E-state index is -3.86. The van der Waals surface area contributed by atoms with Crippen LogP contribution in [0.3, 0.4) is 0 Å². The van der Waals surface area contributed by atoms with E-state index < -0.39 is 57.7 Å². The fourth-order valence-electron chi connectivity index (χ4n) is 10.2. The van der Waals surface area contributed by atoms with Crippen molar-refractivity contribution in [2.75, 3.05) is 71.7 Å². The highest BCUT2D eigenvalue weighted by atomic mass is 32.2. The lowest BCUT2D eigenvalue weighted by Crippen LogP contribution is -2.49. The van der Waals surface area contributed by atoms with Crippen LogP contribution in [0.25, 0.3) is 0 Å². The first-order valence-corrected chi connectivity index (χ1v) is 34.6. The third kappa shape index (κ3) is 45.9. The molecular weight excluding hydrogens is 1200 g/mol. The number of nitrogens with one attached hydrogen (secondary N) is 5. The lowest BCUT2D eigenvalue weighted by Gasteiger charge is -2.28. The maximum absolute atomic E-state index is 14.3. The maximum atomic E-state index is 14.3. The number of benzene rings is 1. The minimum absolute atomic E-state index is 0.000348. The molecule has 0 aliphatic carbocycles. The molecule has 3 unspecified atom stereocenters. The zero-order valence-electron chi connectivity index (χ0n) is 54.6. The average molecular weight is 1310 g/mol. The topological polar surface area (TPSA) is 409 Å². The molecule has 0 bridgehead atoms. The summed E-state index contributed by atoms with van der Waals surface area (Å²) in [6.07, 6.45) is 17.4. The quantitative estimate of drug-likeness (QED) is 0.0139. The predicted octanol–water partition coefficient (Wildman–Crippen LogP) is 6.75. The number of unbranched alkanes of at least 4 members (excludes halogenated alkanes) is 14. The molecule has 91 heavy (non-hydrogen) atoms. The molecule has 0 radical (unpaired) electrons. The van der Waals surface area contributed by atoms with Gasteiger partial charge in [0.05, 0.1) is 44.6 Å². The van der Waals surface area contributed by atoms with Gasteiger partial charge >= 0.3 is 5.97 Å². The van der Waals surface area contributed by atoms with Gasteiger partial charge in [-0.25, -0.2) is 4.79 Å². The summed E-state index contributed by atoms with van der Waals surface area (Å²) < 4.78 is 52.1. The molecule has 0 spiro atoms. The highest BCUT2D eigenvalue weighted by Gasteiger charge is 2.36. The van der Waals surface area contributed by atoms with E-state index in [4.69, 9.17) is 40.4 Å². The molecule has 6 atom stereocenters. The molecule has 1 rings (SSSR count). The second-order valence-corrected chi connectivity index (χ2v) is 25.4. The number of hydrogen-bond acceptors (Lipinski definition) is 17. The van der Waals surface area contributed by atoms with Crippen LogP contribution in [0, 0.1) is 29.1 Å². The maximum Gasteiger partial charge on any atom is 0.326 e. The predicted molar refractivity (Wildman–Crippen MR) is 345 cm³/mol. The third-order valence-corrected chi connectivity index (χ3v) is 16.5.